The number of nitrogens with zero attached hydrogens (tertiary/aromatic N) is 2. The summed E-state index contributed by atoms with van der Waals surface area (Å²) in [5.41, 5.74) is -0.795. The minimum Gasteiger partial charge on any atom is -0.315 e. The average Bonchev–Trinajstić information content (AvgIpc) is 3.12. The Kier molecular flexibility index (Phi) is 4.94. The van der Waals surface area contributed by atoms with Crippen molar-refractivity contribution >= 4 is 38.4 Å². The van der Waals surface area contributed by atoms with Gasteiger partial charge in [-0.2, -0.15) is 18.2 Å². The highest BCUT2D eigenvalue weighted by Gasteiger charge is 2.51. The van der Waals surface area contributed by atoms with Crippen LogP contribution in [0.2, 0.25) is 0 Å². The second kappa shape index (κ2) is 7.17. The van der Waals surface area contributed by atoms with E-state index in [9.17, 15) is 26.4 Å². The Labute approximate surface area is 169 Å². The van der Waals surface area contributed by atoms with Crippen molar-refractivity contribution in [3.8, 4) is 0 Å². The van der Waals surface area contributed by atoms with Gasteiger partial charge in [0.1, 0.15) is 0 Å². The second-order valence-corrected chi connectivity index (χ2v) is 10.1. The number of carbonyl (C=O) groups is 1. The van der Waals surface area contributed by atoms with Crippen molar-refractivity contribution in [3.63, 3.8) is 0 Å². The lowest BCUT2D eigenvalue weighted by Gasteiger charge is -2.27. The molecule has 29 heavy (non-hydrogen) atoms. The van der Waals surface area contributed by atoms with Crippen molar-refractivity contribution < 1.29 is 26.4 Å². The van der Waals surface area contributed by atoms with Gasteiger partial charge in [0.2, 0.25) is 0 Å². The fourth-order valence-corrected chi connectivity index (χ4v) is 7.41. The number of alkyl halides is 3. The fourth-order valence-electron chi connectivity index (χ4n) is 3.50. The first-order valence-corrected chi connectivity index (χ1v) is 11.4. The summed E-state index contributed by atoms with van der Waals surface area (Å²) in [4.78, 5) is 17.9. The number of anilines is 1. The molecule has 0 saturated carbocycles. The molecule has 2 heterocycles. The summed E-state index contributed by atoms with van der Waals surface area (Å²) in [5, 5.41) is -0.399. The van der Waals surface area contributed by atoms with Crippen LogP contribution in [-0.4, -0.2) is 42.3 Å². The van der Waals surface area contributed by atoms with Crippen molar-refractivity contribution in [2.24, 2.45) is 4.99 Å². The zero-order chi connectivity index (χ0) is 20.8. The molecule has 2 saturated heterocycles. The Morgan fingerprint density at radius 2 is 1.69 bits per heavy atom. The minimum atomic E-state index is -4.63. The molecule has 0 N–H and O–H groups in total. The fraction of sp³-hybridized carbons (Fsp3) is 0.263. The van der Waals surface area contributed by atoms with E-state index in [4.69, 9.17) is 0 Å². The van der Waals surface area contributed by atoms with Crippen LogP contribution in [-0.2, 0) is 16.0 Å². The standard InChI is InChI=1S/C19H15F3N2O3S2/c20-19(21,22)13-8-4-5-9-14(13)24-15-10-29(26,27)11-16(15)28-18(24)23-17(25)12-6-2-1-3-7-12/h1-9,15-16H,10-11H2/t15-,16+/m1/s1. The Morgan fingerprint density at radius 1 is 1.03 bits per heavy atom. The maximum Gasteiger partial charge on any atom is 0.418 e. The molecule has 0 bridgehead atoms. The lowest BCUT2D eigenvalue weighted by atomic mass is 10.1. The third-order valence-corrected chi connectivity index (χ3v) is 7.96. The lowest BCUT2D eigenvalue weighted by molar-refractivity contribution is -0.137. The molecule has 5 nitrogen and oxygen atoms in total. The Hall–Kier alpha value is -2.33. The molecule has 4 rings (SSSR count). The molecule has 0 spiro atoms. The number of amidine groups is 1. The molecule has 2 aromatic carbocycles. The van der Waals surface area contributed by atoms with Crippen LogP contribution in [0.4, 0.5) is 18.9 Å². The summed E-state index contributed by atoms with van der Waals surface area (Å²) in [6.45, 7) is 0. The molecular weight excluding hydrogens is 425 g/mol. The molecule has 0 aromatic heterocycles. The number of hydrogen-bond donors (Lipinski definition) is 0. The van der Waals surface area contributed by atoms with E-state index in [1.54, 1.807) is 30.3 Å². The molecule has 0 unspecified atom stereocenters. The number of carbonyl (C=O) groups excluding carboxylic acids is 1. The van der Waals surface area contributed by atoms with Crippen LogP contribution in [0.5, 0.6) is 0 Å². The van der Waals surface area contributed by atoms with E-state index in [2.05, 4.69) is 4.99 Å². The number of hydrogen-bond acceptors (Lipinski definition) is 4. The molecule has 2 aromatic rings. The molecule has 2 fully saturated rings. The van der Waals surface area contributed by atoms with Gasteiger partial charge < -0.3 is 4.90 Å². The van der Waals surface area contributed by atoms with Crippen LogP contribution in [0.25, 0.3) is 0 Å². The van der Waals surface area contributed by atoms with Crippen molar-refractivity contribution in [1.82, 2.24) is 0 Å². The number of para-hydroxylation sites is 1. The Balaban J connectivity index is 1.81. The summed E-state index contributed by atoms with van der Waals surface area (Å²) in [6.07, 6.45) is -4.63. The minimum absolute atomic E-state index is 0.0838. The van der Waals surface area contributed by atoms with Crippen molar-refractivity contribution in [2.75, 3.05) is 16.4 Å². The summed E-state index contributed by atoms with van der Waals surface area (Å²) in [6, 6.07) is 12.4. The molecule has 0 radical (unpaired) electrons. The largest absolute Gasteiger partial charge is 0.418 e. The van der Waals surface area contributed by atoms with Gasteiger partial charge >= 0.3 is 6.18 Å². The van der Waals surface area contributed by atoms with E-state index >= 15 is 0 Å². The van der Waals surface area contributed by atoms with E-state index < -0.39 is 38.8 Å². The lowest BCUT2D eigenvalue weighted by Crippen LogP contribution is -2.39. The van der Waals surface area contributed by atoms with Crippen LogP contribution in [0.1, 0.15) is 15.9 Å². The van der Waals surface area contributed by atoms with Gasteiger partial charge in [-0.1, -0.05) is 42.1 Å². The van der Waals surface area contributed by atoms with Crippen LogP contribution in [0.15, 0.2) is 59.6 Å². The van der Waals surface area contributed by atoms with Gasteiger partial charge in [0.05, 0.1) is 28.8 Å². The molecule has 0 aliphatic carbocycles. The quantitative estimate of drug-likeness (QED) is 0.714. The van der Waals surface area contributed by atoms with Gasteiger partial charge in [-0.15, -0.1) is 0 Å². The van der Waals surface area contributed by atoms with Crippen LogP contribution in [0, 0.1) is 0 Å². The van der Waals surface area contributed by atoms with Crippen molar-refractivity contribution in [3.05, 3.63) is 65.7 Å². The molecule has 2 aliphatic rings. The molecule has 2 atom stereocenters. The van der Waals surface area contributed by atoms with Gasteiger partial charge in [-0.3, -0.25) is 4.79 Å². The van der Waals surface area contributed by atoms with Crippen molar-refractivity contribution in [1.29, 1.82) is 0 Å². The number of amides is 1. The number of rotatable bonds is 2. The van der Waals surface area contributed by atoms with E-state index in [-0.39, 0.29) is 22.4 Å². The number of benzene rings is 2. The highest BCUT2D eigenvalue weighted by Crippen LogP contribution is 2.45. The van der Waals surface area contributed by atoms with Crippen LogP contribution in [0.3, 0.4) is 0 Å². The molecule has 2 aliphatic heterocycles. The normalized spacial score (nSPS) is 24.7. The zero-order valence-corrected chi connectivity index (χ0v) is 16.5. The van der Waals surface area contributed by atoms with Gasteiger partial charge in [0, 0.05) is 10.8 Å². The number of aliphatic imine (C=N–C) groups is 1. The highest BCUT2D eigenvalue weighted by molar-refractivity contribution is 8.16. The van der Waals surface area contributed by atoms with Gasteiger partial charge in [0.15, 0.2) is 15.0 Å². The number of fused-ring (bicyclic) bond motifs is 1. The summed E-state index contributed by atoms with van der Waals surface area (Å²) < 4.78 is 64.9. The molecule has 1 amide bonds. The molecule has 10 heteroatoms. The third-order valence-electron chi connectivity index (χ3n) is 4.75. The van der Waals surface area contributed by atoms with E-state index in [0.717, 1.165) is 17.8 Å². The van der Waals surface area contributed by atoms with Crippen LogP contribution >= 0.6 is 11.8 Å². The summed E-state index contributed by atoms with van der Waals surface area (Å²) in [7, 11) is -3.38. The van der Waals surface area contributed by atoms with E-state index in [1.165, 1.54) is 23.1 Å². The summed E-state index contributed by atoms with van der Waals surface area (Å²) >= 11 is 1.04. The number of thioether (sulfide) groups is 1. The first kappa shape index (κ1) is 20.0. The number of sulfone groups is 1. The maximum absolute atomic E-state index is 13.6. The average molecular weight is 440 g/mol. The van der Waals surface area contributed by atoms with Gasteiger partial charge in [0.25, 0.3) is 5.91 Å². The maximum atomic E-state index is 13.6. The predicted molar refractivity (Wildman–Crippen MR) is 106 cm³/mol. The van der Waals surface area contributed by atoms with Gasteiger partial charge in [-0.05, 0) is 24.3 Å². The smallest absolute Gasteiger partial charge is 0.315 e. The molecule has 152 valence electrons. The monoisotopic (exact) mass is 440 g/mol. The third kappa shape index (κ3) is 3.91. The molecular formula is C19H15F3N2O3S2. The SMILES string of the molecule is O=C(N=C1S[C@H]2CS(=O)(=O)C[C@H]2N1c1ccccc1C(F)(F)F)c1ccccc1. The predicted octanol–water partition coefficient (Wildman–Crippen LogP) is 3.62. The van der Waals surface area contributed by atoms with Crippen LogP contribution < -0.4 is 4.90 Å². The summed E-state index contributed by atoms with van der Waals surface area (Å²) in [5.74, 6) is -1.04. The Morgan fingerprint density at radius 3 is 2.38 bits per heavy atom. The highest BCUT2D eigenvalue weighted by atomic mass is 32.2. The first-order valence-electron chi connectivity index (χ1n) is 8.66. The number of halogens is 3. The topological polar surface area (TPSA) is 66.8 Å². The zero-order valence-electron chi connectivity index (χ0n) is 14.8. The van der Waals surface area contributed by atoms with Gasteiger partial charge in [-0.25, -0.2) is 8.42 Å². The Bertz CT molecular complexity index is 1090. The van der Waals surface area contributed by atoms with E-state index in [0.29, 0.717) is 5.56 Å². The first-order chi connectivity index (χ1) is 13.7. The van der Waals surface area contributed by atoms with Crippen molar-refractivity contribution in [2.45, 2.75) is 17.5 Å². The van der Waals surface area contributed by atoms with E-state index in [1.807, 2.05) is 0 Å². The second-order valence-electron chi connectivity index (χ2n) is 6.75.